The minimum absolute atomic E-state index is 0.606. The molecular weight excluding hydrogens is 296 g/mol. The number of rotatable bonds is 2. The summed E-state index contributed by atoms with van der Waals surface area (Å²) in [5, 5.41) is 9.93. The maximum atomic E-state index is 11.3. The van der Waals surface area contributed by atoms with Crippen molar-refractivity contribution in [1.82, 2.24) is 14.8 Å². The van der Waals surface area contributed by atoms with Crippen molar-refractivity contribution in [2.75, 3.05) is 0 Å². The average molecular weight is 310 g/mol. The molecule has 110 valence electrons. The van der Waals surface area contributed by atoms with Crippen molar-refractivity contribution < 1.29 is 4.21 Å². The Balaban J connectivity index is 1.86. The molecule has 0 fully saturated rings. The SMILES string of the molecule is NS(=O)c1ccc(-n2ncc3c2-c2ccncc2CC3)cc1. The fourth-order valence-electron chi connectivity index (χ4n) is 2.90. The number of benzene rings is 1. The third-order valence-electron chi connectivity index (χ3n) is 3.98. The van der Waals surface area contributed by atoms with E-state index in [0.29, 0.717) is 4.90 Å². The van der Waals surface area contributed by atoms with Gasteiger partial charge in [0.05, 0.1) is 22.5 Å². The first kappa shape index (κ1) is 13.4. The van der Waals surface area contributed by atoms with Crippen LogP contribution in [0.3, 0.4) is 0 Å². The van der Waals surface area contributed by atoms with Gasteiger partial charge in [0.2, 0.25) is 0 Å². The molecule has 6 heteroatoms. The van der Waals surface area contributed by atoms with E-state index in [-0.39, 0.29) is 0 Å². The van der Waals surface area contributed by atoms with Crippen LogP contribution in [0.5, 0.6) is 0 Å². The fourth-order valence-corrected chi connectivity index (χ4v) is 3.30. The summed E-state index contributed by atoms with van der Waals surface area (Å²) < 4.78 is 13.2. The highest BCUT2D eigenvalue weighted by atomic mass is 32.2. The molecule has 0 saturated heterocycles. The maximum absolute atomic E-state index is 11.3. The molecule has 1 aliphatic rings. The van der Waals surface area contributed by atoms with Crippen LogP contribution in [0.4, 0.5) is 0 Å². The molecule has 0 amide bonds. The van der Waals surface area contributed by atoms with Gasteiger partial charge in [-0.15, -0.1) is 0 Å². The number of nitrogens with zero attached hydrogens (tertiary/aromatic N) is 3. The molecule has 0 radical (unpaired) electrons. The molecule has 1 aromatic carbocycles. The van der Waals surface area contributed by atoms with Crippen LogP contribution in [0.2, 0.25) is 0 Å². The van der Waals surface area contributed by atoms with Crippen LogP contribution in [-0.2, 0) is 23.8 Å². The second-order valence-electron chi connectivity index (χ2n) is 5.25. The van der Waals surface area contributed by atoms with Gasteiger partial charge in [-0.1, -0.05) is 0 Å². The summed E-state index contributed by atoms with van der Waals surface area (Å²) in [7, 11) is -1.46. The smallest absolute Gasteiger partial charge is 0.122 e. The van der Waals surface area contributed by atoms with Crippen LogP contribution >= 0.6 is 0 Å². The minimum Gasteiger partial charge on any atom is -0.264 e. The van der Waals surface area contributed by atoms with E-state index < -0.39 is 11.0 Å². The van der Waals surface area contributed by atoms with Gasteiger partial charge in [-0.25, -0.2) is 14.0 Å². The van der Waals surface area contributed by atoms with Crippen LogP contribution in [0.1, 0.15) is 11.1 Å². The lowest BCUT2D eigenvalue weighted by Crippen LogP contribution is -2.08. The van der Waals surface area contributed by atoms with E-state index in [2.05, 4.69) is 10.1 Å². The van der Waals surface area contributed by atoms with Crippen LogP contribution in [0.25, 0.3) is 16.9 Å². The molecule has 1 unspecified atom stereocenters. The maximum Gasteiger partial charge on any atom is 0.122 e. The molecule has 0 spiro atoms. The summed E-state index contributed by atoms with van der Waals surface area (Å²) in [5.41, 5.74) is 5.72. The Morgan fingerprint density at radius 3 is 2.59 bits per heavy atom. The molecule has 3 aromatic rings. The van der Waals surface area contributed by atoms with Crippen LogP contribution in [0, 0.1) is 0 Å². The molecule has 2 N–H and O–H groups in total. The number of pyridine rings is 1. The Bertz CT molecular complexity index is 870. The highest BCUT2D eigenvalue weighted by Crippen LogP contribution is 2.34. The van der Waals surface area contributed by atoms with Crippen molar-refractivity contribution in [3.63, 3.8) is 0 Å². The second-order valence-corrected chi connectivity index (χ2v) is 6.32. The van der Waals surface area contributed by atoms with Crippen molar-refractivity contribution >= 4 is 11.0 Å². The minimum atomic E-state index is -1.46. The Labute approximate surface area is 130 Å². The highest BCUT2D eigenvalue weighted by Gasteiger charge is 2.21. The lowest BCUT2D eigenvalue weighted by Gasteiger charge is -2.17. The van der Waals surface area contributed by atoms with Gasteiger partial charge in [0.1, 0.15) is 11.0 Å². The molecule has 0 saturated carbocycles. The molecule has 5 nitrogen and oxygen atoms in total. The molecule has 1 atom stereocenters. The second kappa shape index (κ2) is 5.15. The van der Waals surface area contributed by atoms with E-state index in [9.17, 15) is 4.21 Å². The molecule has 2 heterocycles. The first-order valence-corrected chi connectivity index (χ1v) is 8.22. The van der Waals surface area contributed by atoms with Gasteiger partial charge in [0.25, 0.3) is 0 Å². The standard InChI is InChI=1S/C16H14N4OS/c17-22(21)14-5-3-13(4-6-14)20-16-12(10-19-20)2-1-11-9-18-8-7-15(11)16/h3-10H,1-2,17H2. The number of fused-ring (bicyclic) bond motifs is 3. The lowest BCUT2D eigenvalue weighted by molar-refractivity contribution is 0.684. The lowest BCUT2D eigenvalue weighted by atomic mass is 9.92. The fraction of sp³-hybridized carbons (Fsp3) is 0.125. The Morgan fingerprint density at radius 2 is 1.82 bits per heavy atom. The van der Waals surface area contributed by atoms with Gasteiger partial charge in [-0.3, -0.25) is 4.98 Å². The molecule has 1 aliphatic carbocycles. The number of aromatic nitrogens is 3. The van der Waals surface area contributed by atoms with E-state index in [0.717, 1.165) is 24.2 Å². The van der Waals surface area contributed by atoms with E-state index in [1.807, 2.05) is 41.5 Å². The molecule has 2 aromatic heterocycles. The Morgan fingerprint density at radius 1 is 1.05 bits per heavy atom. The number of hydrogen-bond acceptors (Lipinski definition) is 3. The van der Waals surface area contributed by atoms with Gasteiger partial charge in [0, 0.05) is 18.0 Å². The third-order valence-corrected chi connectivity index (χ3v) is 4.72. The zero-order valence-electron chi connectivity index (χ0n) is 11.8. The van der Waals surface area contributed by atoms with E-state index >= 15 is 0 Å². The molecule has 4 rings (SSSR count). The van der Waals surface area contributed by atoms with Crippen molar-refractivity contribution in [1.29, 1.82) is 0 Å². The number of aryl methyl sites for hydroxylation is 2. The summed E-state index contributed by atoms with van der Waals surface area (Å²) in [5.74, 6) is 0. The first-order chi connectivity index (χ1) is 10.7. The van der Waals surface area contributed by atoms with Gasteiger partial charge in [-0.05, 0) is 54.3 Å². The van der Waals surface area contributed by atoms with Gasteiger partial charge in [-0.2, -0.15) is 5.10 Å². The third kappa shape index (κ3) is 2.08. The van der Waals surface area contributed by atoms with Gasteiger partial charge < -0.3 is 0 Å². The molecule has 0 aliphatic heterocycles. The van der Waals surface area contributed by atoms with Crippen molar-refractivity contribution in [3.8, 4) is 16.9 Å². The largest absolute Gasteiger partial charge is 0.264 e. The highest BCUT2D eigenvalue weighted by molar-refractivity contribution is 7.82. The van der Waals surface area contributed by atoms with Crippen molar-refractivity contribution in [2.24, 2.45) is 5.14 Å². The zero-order valence-corrected chi connectivity index (χ0v) is 12.6. The van der Waals surface area contributed by atoms with Gasteiger partial charge >= 0.3 is 0 Å². The summed E-state index contributed by atoms with van der Waals surface area (Å²) in [6, 6.07) is 9.37. The van der Waals surface area contributed by atoms with Crippen LogP contribution in [-0.4, -0.2) is 19.0 Å². The number of nitrogens with two attached hydrogens (primary N) is 1. The van der Waals surface area contributed by atoms with Crippen LogP contribution in [0.15, 0.2) is 53.8 Å². The predicted molar refractivity (Wildman–Crippen MR) is 84.8 cm³/mol. The van der Waals surface area contributed by atoms with Crippen LogP contribution < -0.4 is 5.14 Å². The number of hydrogen-bond donors (Lipinski definition) is 1. The monoisotopic (exact) mass is 310 g/mol. The molecule has 22 heavy (non-hydrogen) atoms. The van der Waals surface area contributed by atoms with E-state index in [1.165, 1.54) is 16.7 Å². The summed E-state index contributed by atoms with van der Waals surface area (Å²) in [6.07, 6.45) is 7.63. The van der Waals surface area contributed by atoms with Crippen molar-refractivity contribution in [3.05, 3.63) is 60.0 Å². The normalized spacial score (nSPS) is 14.2. The van der Waals surface area contributed by atoms with E-state index in [1.54, 1.807) is 12.1 Å². The Kier molecular flexibility index (Phi) is 3.13. The summed E-state index contributed by atoms with van der Waals surface area (Å²) >= 11 is 0. The Hall–Kier alpha value is -2.31. The predicted octanol–water partition coefficient (Wildman–Crippen LogP) is 2.01. The van der Waals surface area contributed by atoms with Gasteiger partial charge in [0.15, 0.2) is 0 Å². The van der Waals surface area contributed by atoms with Crippen molar-refractivity contribution in [2.45, 2.75) is 17.7 Å². The summed E-state index contributed by atoms with van der Waals surface area (Å²) in [4.78, 5) is 4.82. The molecule has 0 bridgehead atoms. The quantitative estimate of drug-likeness (QED) is 0.787. The average Bonchev–Trinajstić information content (AvgIpc) is 2.99. The van der Waals surface area contributed by atoms with E-state index in [4.69, 9.17) is 5.14 Å². The topological polar surface area (TPSA) is 73.8 Å². The molecular formula is C16H14N4OS. The summed E-state index contributed by atoms with van der Waals surface area (Å²) in [6.45, 7) is 0. The first-order valence-electron chi connectivity index (χ1n) is 7.01. The zero-order chi connectivity index (χ0) is 15.1.